The van der Waals surface area contributed by atoms with Crippen LogP contribution in [0.2, 0.25) is 0 Å². The van der Waals surface area contributed by atoms with Crippen LogP contribution in [0.4, 0.5) is 5.13 Å². The van der Waals surface area contributed by atoms with Crippen LogP contribution >= 0.6 is 11.3 Å². The molecule has 1 aromatic heterocycles. The number of amides is 2. The van der Waals surface area contributed by atoms with Crippen LogP contribution in [0.15, 0.2) is 60.8 Å². The molecule has 0 aliphatic carbocycles. The molecule has 0 saturated carbocycles. The Kier molecular flexibility index (Phi) is 4.49. The lowest BCUT2D eigenvalue weighted by Gasteiger charge is -2.39. The summed E-state index contributed by atoms with van der Waals surface area (Å²) in [6.07, 6.45) is 1.74. The Balaban J connectivity index is 1.81. The van der Waals surface area contributed by atoms with E-state index in [4.69, 9.17) is 0 Å². The number of benzene rings is 2. The van der Waals surface area contributed by atoms with Gasteiger partial charge in [-0.05, 0) is 24.1 Å². The second-order valence-corrected chi connectivity index (χ2v) is 7.84. The molecule has 27 heavy (non-hydrogen) atoms. The molecule has 136 valence electrons. The van der Waals surface area contributed by atoms with E-state index in [-0.39, 0.29) is 17.9 Å². The van der Waals surface area contributed by atoms with Crippen molar-refractivity contribution >= 4 is 28.3 Å². The van der Waals surface area contributed by atoms with E-state index in [0.717, 1.165) is 16.0 Å². The van der Waals surface area contributed by atoms with Gasteiger partial charge in [-0.3, -0.25) is 9.59 Å². The van der Waals surface area contributed by atoms with Crippen LogP contribution in [0, 0.1) is 6.92 Å². The Morgan fingerprint density at radius 3 is 2.52 bits per heavy atom. The average molecular weight is 377 g/mol. The van der Waals surface area contributed by atoms with Crippen molar-refractivity contribution in [3.05, 3.63) is 82.4 Å². The molecule has 0 fully saturated rings. The molecule has 1 aliphatic rings. The van der Waals surface area contributed by atoms with Gasteiger partial charge >= 0.3 is 0 Å². The molecule has 3 aromatic rings. The Labute approximate surface area is 161 Å². The summed E-state index contributed by atoms with van der Waals surface area (Å²) in [5.74, 6) is -0.755. The van der Waals surface area contributed by atoms with Crippen LogP contribution in [0.1, 0.15) is 38.3 Å². The van der Waals surface area contributed by atoms with Gasteiger partial charge in [0.05, 0.1) is 12.0 Å². The zero-order valence-electron chi connectivity index (χ0n) is 15.0. The van der Waals surface area contributed by atoms with E-state index < -0.39 is 5.92 Å². The van der Waals surface area contributed by atoms with Gasteiger partial charge in [-0.15, -0.1) is 11.3 Å². The second-order valence-electron chi connectivity index (χ2n) is 6.60. The predicted molar refractivity (Wildman–Crippen MR) is 106 cm³/mol. The number of anilines is 1. The molecule has 0 bridgehead atoms. The van der Waals surface area contributed by atoms with Crippen molar-refractivity contribution in [2.75, 3.05) is 12.4 Å². The monoisotopic (exact) mass is 377 g/mol. The maximum atomic E-state index is 13.3. The molecule has 2 unspecified atom stereocenters. The molecule has 5 nitrogen and oxygen atoms in total. The first-order valence-electron chi connectivity index (χ1n) is 8.70. The van der Waals surface area contributed by atoms with Crippen molar-refractivity contribution in [2.24, 2.45) is 0 Å². The fraction of sp³-hybridized carbons (Fsp3) is 0.190. The number of hydrogen-bond acceptors (Lipinski definition) is 4. The number of likely N-dealkylation sites (N-methyl/N-ethyl adjacent to an activating group) is 1. The number of aromatic nitrogens is 1. The lowest BCUT2D eigenvalue weighted by atomic mass is 9.79. The fourth-order valence-corrected chi connectivity index (χ4v) is 4.29. The average Bonchev–Trinajstić information content (AvgIpc) is 3.09. The summed E-state index contributed by atoms with van der Waals surface area (Å²) >= 11 is 1.44. The zero-order chi connectivity index (χ0) is 19.0. The smallest absolute Gasteiger partial charge is 0.254 e. The summed E-state index contributed by atoms with van der Waals surface area (Å²) < 4.78 is 0. The standard InChI is InChI=1S/C21H19N3O2S/c1-13-12-22-21(27-13)23-19(25)17-15-10-6-7-11-16(15)20(26)24(2)18(17)14-8-4-3-5-9-14/h3-12,17-18H,1-2H3,(H,22,23,25). The molecule has 6 heteroatoms. The number of aryl methyl sites for hydroxylation is 1. The van der Waals surface area contributed by atoms with E-state index in [2.05, 4.69) is 10.3 Å². The minimum Gasteiger partial charge on any atom is -0.334 e. The summed E-state index contributed by atoms with van der Waals surface area (Å²) in [5, 5.41) is 3.51. The normalized spacial score (nSPS) is 18.9. The van der Waals surface area contributed by atoms with E-state index in [0.29, 0.717) is 10.7 Å². The van der Waals surface area contributed by atoms with Gasteiger partial charge in [0, 0.05) is 23.7 Å². The number of thiazole rings is 1. The highest BCUT2D eigenvalue weighted by Gasteiger charge is 2.42. The van der Waals surface area contributed by atoms with E-state index >= 15 is 0 Å². The second kappa shape index (κ2) is 6.96. The summed E-state index contributed by atoms with van der Waals surface area (Å²) in [6, 6.07) is 16.6. The topological polar surface area (TPSA) is 62.3 Å². The highest BCUT2D eigenvalue weighted by molar-refractivity contribution is 7.15. The van der Waals surface area contributed by atoms with Gasteiger partial charge < -0.3 is 10.2 Å². The molecule has 4 rings (SSSR count). The largest absolute Gasteiger partial charge is 0.334 e. The van der Waals surface area contributed by atoms with Crippen molar-refractivity contribution in [1.82, 2.24) is 9.88 Å². The summed E-state index contributed by atoms with van der Waals surface area (Å²) in [6.45, 7) is 1.95. The third-order valence-corrected chi connectivity index (χ3v) is 5.68. The summed E-state index contributed by atoms with van der Waals surface area (Å²) in [7, 11) is 1.75. The molecule has 1 N–H and O–H groups in total. The first-order chi connectivity index (χ1) is 13.1. The van der Waals surface area contributed by atoms with Gasteiger partial charge in [0.15, 0.2) is 5.13 Å². The van der Waals surface area contributed by atoms with Crippen molar-refractivity contribution in [3.63, 3.8) is 0 Å². The van der Waals surface area contributed by atoms with Gasteiger partial charge in [0.2, 0.25) is 5.91 Å². The van der Waals surface area contributed by atoms with Gasteiger partial charge in [-0.1, -0.05) is 48.5 Å². The third kappa shape index (κ3) is 3.13. The molecule has 0 spiro atoms. The first-order valence-corrected chi connectivity index (χ1v) is 9.52. The predicted octanol–water partition coefficient (Wildman–Crippen LogP) is 4.00. The Morgan fingerprint density at radius 1 is 1.11 bits per heavy atom. The van der Waals surface area contributed by atoms with Gasteiger partial charge in [-0.25, -0.2) is 4.98 Å². The zero-order valence-corrected chi connectivity index (χ0v) is 15.9. The minimum atomic E-state index is -0.518. The van der Waals surface area contributed by atoms with Gasteiger partial charge in [0.1, 0.15) is 0 Å². The maximum absolute atomic E-state index is 13.3. The summed E-state index contributed by atoms with van der Waals surface area (Å²) in [4.78, 5) is 33.1. The van der Waals surface area contributed by atoms with Crippen LogP contribution < -0.4 is 5.32 Å². The van der Waals surface area contributed by atoms with E-state index in [1.807, 2.05) is 55.5 Å². The van der Waals surface area contributed by atoms with Crippen molar-refractivity contribution in [1.29, 1.82) is 0 Å². The molecule has 2 amide bonds. The molecule has 0 saturated heterocycles. The number of nitrogens with zero attached hydrogens (tertiary/aromatic N) is 2. The number of carbonyl (C=O) groups is 2. The molecule has 2 atom stereocenters. The van der Waals surface area contributed by atoms with Crippen molar-refractivity contribution in [2.45, 2.75) is 18.9 Å². The molecule has 2 aromatic carbocycles. The fourth-order valence-electron chi connectivity index (χ4n) is 3.62. The maximum Gasteiger partial charge on any atom is 0.254 e. The minimum absolute atomic E-state index is 0.0754. The molecular weight excluding hydrogens is 358 g/mol. The third-order valence-electron chi connectivity index (χ3n) is 4.85. The van der Waals surface area contributed by atoms with E-state index in [1.165, 1.54) is 11.3 Å². The number of nitrogens with one attached hydrogen (secondary N) is 1. The Hall–Kier alpha value is -2.99. The Morgan fingerprint density at radius 2 is 1.81 bits per heavy atom. The summed E-state index contributed by atoms with van der Waals surface area (Å²) in [5.41, 5.74) is 2.25. The Bertz CT molecular complexity index is 999. The molecule has 2 heterocycles. The molecule has 1 aliphatic heterocycles. The number of carbonyl (C=O) groups excluding carboxylic acids is 2. The highest BCUT2D eigenvalue weighted by Crippen LogP contribution is 2.42. The van der Waals surface area contributed by atoms with Crippen LogP contribution in [0.5, 0.6) is 0 Å². The molecule has 0 radical (unpaired) electrons. The van der Waals surface area contributed by atoms with Gasteiger partial charge in [0.25, 0.3) is 5.91 Å². The first kappa shape index (κ1) is 17.4. The molecular formula is C21H19N3O2S. The van der Waals surface area contributed by atoms with Crippen LogP contribution in [-0.2, 0) is 4.79 Å². The van der Waals surface area contributed by atoms with E-state index in [1.54, 1.807) is 24.2 Å². The van der Waals surface area contributed by atoms with Crippen molar-refractivity contribution in [3.8, 4) is 0 Å². The van der Waals surface area contributed by atoms with Crippen molar-refractivity contribution < 1.29 is 9.59 Å². The number of fused-ring (bicyclic) bond motifs is 1. The highest BCUT2D eigenvalue weighted by atomic mass is 32.1. The number of rotatable bonds is 3. The van der Waals surface area contributed by atoms with Crippen LogP contribution in [-0.4, -0.2) is 28.7 Å². The van der Waals surface area contributed by atoms with Gasteiger partial charge in [-0.2, -0.15) is 0 Å². The SMILES string of the molecule is Cc1cnc(NC(=O)C2c3ccccc3C(=O)N(C)C2c2ccccc2)s1. The lowest BCUT2D eigenvalue weighted by molar-refractivity contribution is -0.119. The number of hydrogen-bond donors (Lipinski definition) is 1. The quantitative estimate of drug-likeness (QED) is 0.750. The van der Waals surface area contributed by atoms with E-state index in [9.17, 15) is 9.59 Å². The van der Waals surface area contributed by atoms with Crippen LogP contribution in [0.25, 0.3) is 0 Å². The lowest BCUT2D eigenvalue weighted by Crippen LogP contribution is -2.44. The van der Waals surface area contributed by atoms with Crippen LogP contribution in [0.3, 0.4) is 0 Å².